The zero-order chi connectivity index (χ0) is 19.9. The van der Waals surface area contributed by atoms with Gasteiger partial charge in [0.1, 0.15) is 0 Å². The Hall–Kier alpha value is -2.33. The van der Waals surface area contributed by atoms with Crippen molar-refractivity contribution in [3.05, 3.63) is 58.1 Å². The molecule has 2 rings (SSSR count). The SMILES string of the molecule is CS(=O)(=O)O.NC(N)=Nc1ccc(C(=O)Oc2cc(Cl)ccc2Cl)cc1. The molecule has 0 aliphatic heterocycles. The van der Waals surface area contributed by atoms with Crippen LogP contribution < -0.4 is 16.2 Å². The number of esters is 1. The molecule has 0 unspecified atom stereocenters. The van der Waals surface area contributed by atoms with E-state index in [1.165, 1.54) is 6.07 Å². The van der Waals surface area contributed by atoms with E-state index in [2.05, 4.69) is 4.99 Å². The first-order valence-electron chi connectivity index (χ1n) is 6.75. The number of benzene rings is 2. The average Bonchev–Trinajstić information content (AvgIpc) is 2.49. The molecular formula is C15H15Cl2N3O5S. The molecule has 0 saturated carbocycles. The lowest BCUT2D eigenvalue weighted by Crippen LogP contribution is -2.21. The molecule has 0 radical (unpaired) electrons. The van der Waals surface area contributed by atoms with Crippen molar-refractivity contribution in [2.45, 2.75) is 0 Å². The molecule has 0 bridgehead atoms. The lowest BCUT2D eigenvalue weighted by molar-refractivity contribution is 0.0735. The van der Waals surface area contributed by atoms with Crippen LogP contribution in [0.3, 0.4) is 0 Å². The van der Waals surface area contributed by atoms with Crippen LogP contribution >= 0.6 is 23.2 Å². The molecular weight excluding hydrogens is 405 g/mol. The Bertz CT molecular complexity index is 903. The number of halogens is 2. The van der Waals surface area contributed by atoms with Crippen LogP contribution in [0.15, 0.2) is 47.5 Å². The molecule has 0 fully saturated rings. The summed E-state index contributed by atoms with van der Waals surface area (Å²) < 4.78 is 31.1. The third-order valence-electron chi connectivity index (χ3n) is 2.46. The van der Waals surface area contributed by atoms with Crippen molar-refractivity contribution in [1.82, 2.24) is 0 Å². The van der Waals surface area contributed by atoms with E-state index in [1.54, 1.807) is 36.4 Å². The zero-order valence-corrected chi connectivity index (χ0v) is 15.7. The van der Waals surface area contributed by atoms with Gasteiger partial charge >= 0.3 is 5.97 Å². The minimum atomic E-state index is -3.67. The van der Waals surface area contributed by atoms with Crippen molar-refractivity contribution in [3.63, 3.8) is 0 Å². The first-order chi connectivity index (χ1) is 12.0. The van der Waals surface area contributed by atoms with Crippen LogP contribution in [0.5, 0.6) is 5.75 Å². The summed E-state index contributed by atoms with van der Waals surface area (Å²) in [6.07, 6.45) is 0.715. The smallest absolute Gasteiger partial charge is 0.343 e. The van der Waals surface area contributed by atoms with Gasteiger partial charge < -0.3 is 16.2 Å². The second kappa shape index (κ2) is 9.39. The van der Waals surface area contributed by atoms with E-state index in [0.717, 1.165) is 0 Å². The first kappa shape index (κ1) is 21.7. The monoisotopic (exact) mass is 419 g/mol. The van der Waals surface area contributed by atoms with E-state index in [0.29, 0.717) is 27.6 Å². The molecule has 8 nitrogen and oxygen atoms in total. The molecule has 0 atom stereocenters. The molecule has 2 aromatic rings. The highest BCUT2D eigenvalue weighted by molar-refractivity contribution is 7.85. The highest BCUT2D eigenvalue weighted by atomic mass is 35.5. The van der Waals surface area contributed by atoms with Crippen LogP contribution in [0.25, 0.3) is 0 Å². The van der Waals surface area contributed by atoms with Gasteiger partial charge in [-0.3, -0.25) is 4.55 Å². The van der Waals surface area contributed by atoms with E-state index in [9.17, 15) is 13.2 Å². The quantitative estimate of drug-likeness (QED) is 0.228. The second-order valence-electron chi connectivity index (χ2n) is 4.78. The maximum absolute atomic E-state index is 12.0. The maximum atomic E-state index is 12.0. The molecule has 26 heavy (non-hydrogen) atoms. The average molecular weight is 420 g/mol. The van der Waals surface area contributed by atoms with Crippen molar-refractivity contribution in [2.24, 2.45) is 16.5 Å². The van der Waals surface area contributed by atoms with Crippen molar-refractivity contribution < 1.29 is 22.5 Å². The van der Waals surface area contributed by atoms with E-state index < -0.39 is 16.1 Å². The predicted octanol–water partition coefficient (Wildman–Crippen LogP) is 2.62. The van der Waals surface area contributed by atoms with E-state index in [4.69, 9.17) is 44.0 Å². The Labute approximate surface area is 160 Å². The van der Waals surface area contributed by atoms with Crippen molar-refractivity contribution in [3.8, 4) is 5.75 Å². The van der Waals surface area contributed by atoms with Crippen LogP contribution in [0.1, 0.15) is 10.4 Å². The lowest BCUT2D eigenvalue weighted by atomic mass is 10.2. The predicted molar refractivity (Wildman–Crippen MR) is 101 cm³/mol. The number of nitrogens with zero attached hydrogens (tertiary/aromatic N) is 1. The highest BCUT2D eigenvalue weighted by Crippen LogP contribution is 2.28. The molecule has 2 aromatic carbocycles. The number of rotatable bonds is 3. The van der Waals surface area contributed by atoms with Gasteiger partial charge in [0.2, 0.25) is 0 Å². The summed E-state index contributed by atoms with van der Waals surface area (Å²) in [4.78, 5) is 15.9. The fourth-order valence-corrected chi connectivity index (χ4v) is 1.85. The summed E-state index contributed by atoms with van der Waals surface area (Å²) in [6.45, 7) is 0. The number of ether oxygens (including phenoxy) is 1. The standard InChI is InChI=1S/C14H11Cl2N3O2.CH4O3S/c15-9-3-6-11(16)12(7-9)21-13(20)8-1-4-10(5-2-8)19-14(17)18;1-5(2,3)4/h1-7H,(H4,17,18,19);1H3,(H,2,3,4). The maximum Gasteiger partial charge on any atom is 0.343 e. The van der Waals surface area contributed by atoms with Gasteiger partial charge in [0.05, 0.1) is 22.5 Å². The Balaban J connectivity index is 0.000000597. The first-order valence-corrected chi connectivity index (χ1v) is 9.35. The number of carbonyl (C=O) groups excluding carboxylic acids is 1. The molecule has 5 N–H and O–H groups in total. The minimum Gasteiger partial charge on any atom is -0.421 e. The molecule has 0 heterocycles. The largest absolute Gasteiger partial charge is 0.421 e. The van der Waals surface area contributed by atoms with E-state index >= 15 is 0 Å². The van der Waals surface area contributed by atoms with Crippen LogP contribution in [0, 0.1) is 0 Å². The van der Waals surface area contributed by atoms with Gasteiger partial charge in [-0.25, -0.2) is 9.79 Å². The topological polar surface area (TPSA) is 145 Å². The third kappa shape index (κ3) is 8.67. The van der Waals surface area contributed by atoms with Crippen LogP contribution in [0.2, 0.25) is 10.0 Å². The van der Waals surface area contributed by atoms with Gasteiger partial charge in [-0.05, 0) is 36.4 Å². The fourth-order valence-electron chi connectivity index (χ4n) is 1.54. The summed E-state index contributed by atoms with van der Waals surface area (Å²) in [6, 6.07) is 10.9. The van der Waals surface area contributed by atoms with E-state index in [-0.39, 0.29) is 11.7 Å². The van der Waals surface area contributed by atoms with Crippen LogP contribution in [-0.4, -0.2) is 31.2 Å². The third-order valence-corrected chi connectivity index (χ3v) is 3.00. The number of hydrogen-bond donors (Lipinski definition) is 3. The minimum absolute atomic E-state index is 0.0592. The second-order valence-corrected chi connectivity index (χ2v) is 7.09. The summed E-state index contributed by atoms with van der Waals surface area (Å²) in [5.41, 5.74) is 11.4. The van der Waals surface area contributed by atoms with Crippen molar-refractivity contribution >= 4 is 50.9 Å². The molecule has 140 valence electrons. The summed E-state index contributed by atoms with van der Waals surface area (Å²) in [5, 5.41) is 0.718. The molecule has 0 aliphatic carbocycles. The Morgan fingerprint density at radius 2 is 1.65 bits per heavy atom. The van der Waals surface area contributed by atoms with Crippen LogP contribution in [-0.2, 0) is 10.1 Å². The fraction of sp³-hybridized carbons (Fsp3) is 0.0667. The molecule has 0 spiro atoms. The summed E-state index contributed by atoms with van der Waals surface area (Å²) >= 11 is 11.8. The number of guanidine groups is 1. The molecule has 0 saturated heterocycles. The summed E-state index contributed by atoms with van der Waals surface area (Å²) in [7, 11) is -3.67. The number of aliphatic imine (C=N–C) groups is 1. The molecule has 0 aliphatic rings. The highest BCUT2D eigenvalue weighted by Gasteiger charge is 2.11. The number of carbonyl (C=O) groups is 1. The number of hydrogen-bond acceptors (Lipinski definition) is 5. The normalized spacial score (nSPS) is 10.3. The molecule has 0 aromatic heterocycles. The van der Waals surface area contributed by atoms with E-state index in [1.807, 2.05) is 0 Å². The summed E-state index contributed by atoms with van der Waals surface area (Å²) in [5.74, 6) is -0.422. The molecule has 0 amide bonds. The van der Waals surface area contributed by atoms with Crippen LogP contribution in [0.4, 0.5) is 5.69 Å². The number of nitrogens with two attached hydrogens (primary N) is 2. The Morgan fingerprint density at radius 3 is 2.15 bits per heavy atom. The Morgan fingerprint density at radius 1 is 1.12 bits per heavy atom. The van der Waals surface area contributed by atoms with Gasteiger partial charge in [0, 0.05) is 11.1 Å². The van der Waals surface area contributed by atoms with Gasteiger partial charge in [0.15, 0.2) is 11.7 Å². The molecule has 11 heteroatoms. The van der Waals surface area contributed by atoms with Crippen molar-refractivity contribution in [2.75, 3.05) is 6.26 Å². The van der Waals surface area contributed by atoms with Gasteiger partial charge in [0.25, 0.3) is 10.1 Å². The lowest BCUT2D eigenvalue weighted by Gasteiger charge is -2.06. The Kier molecular flexibility index (Phi) is 7.84. The van der Waals surface area contributed by atoms with Gasteiger partial charge in [-0.15, -0.1) is 0 Å². The van der Waals surface area contributed by atoms with Gasteiger partial charge in [-0.2, -0.15) is 8.42 Å². The zero-order valence-electron chi connectivity index (χ0n) is 13.4. The van der Waals surface area contributed by atoms with Crippen molar-refractivity contribution in [1.29, 1.82) is 0 Å². The van der Waals surface area contributed by atoms with Gasteiger partial charge in [-0.1, -0.05) is 23.2 Å².